The highest BCUT2D eigenvalue weighted by molar-refractivity contribution is 6.33. The van der Waals surface area contributed by atoms with E-state index in [4.69, 9.17) is 22.1 Å². The molecular formula is C20H17ClF3N3O2. The SMILES string of the molecule is NC1=N[C@@]2(c3cccc(CC(=O)c4ncc(C(F)(F)F)cc4Cl)c3)C[C@H]2COC1. The fourth-order valence-electron chi connectivity index (χ4n) is 3.68. The fourth-order valence-corrected chi connectivity index (χ4v) is 3.95. The lowest BCUT2D eigenvalue weighted by molar-refractivity contribution is -0.137. The number of hydrogen-bond acceptors (Lipinski definition) is 5. The van der Waals surface area contributed by atoms with Crippen LogP contribution in [-0.2, 0) is 22.9 Å². The number of nitrogens with zero attached hydrogens (tertiary/aromatic N) is 2. The van der Waals surface area contributed by atoms with Gasteiger partial charge in [0.2, 0.25) is 0 Å². The van der Waals surface area contributed by atoms with E-state index < -0.39 is 23.1 Å². The van der Waals surface area contributed by atoms with Crippen molar-refractivity contribution in [3.8, 4) is 0 Å². The third-order valence-electron chi connectivity index (χ3n) is 5.21. The Morgan fingerprint density at radius 1 is 1.34 bits per heavy atom. The minimum atomic E-state index is -4.57. The number of amidine groups is 1. The molecule has 2 aliphatic rings. The number of ether oxygens (including phenoxy) is 1. The number of carbonyl (C=O) groups is 1. The summed E-state index contributed by atoms with van der Waals surface area (Å²) in [4.78, 5) is 20.8. The van der Waals surface area contributed by atoms with E-state index in [-0.39, 0.29) is 23.1 Å². The van der Waals surface area contributed by atoms with E-state index in [0.717, 1.165) is 18.1 Å². The van der Waals surface area contributed by atoms with Crippen LogP contribution < -0.4 is 5.73 Å². The summed E-state index contributed by atoms with van der Waals surface area (Å²) >= 11 is 5.88. The van der Waals surface area contributed by atoms with E-state index >= 15 is 0 Å². The van der Waals surface area contributed by atoms with E-state index in [2.05, 4.69) is 9.98 Å². The maximum Gasteiger partial charge on any atom is 0.417 e. The normalized spacial score (nSPS) is 23.7. The van der Waals surface area contributed by atoms with Crippen molar-refractivity contribution in [3.05, 3.63) is 63.9 Å². The van der Waals surface area contributed by atoms with Crippen molar-refractivity contribution < 1.29 is 22.7 Å². The first-order chi connectivity index (χ1) is 13.7. The van der Waals surface area contributed by atoms with Crippen LogP contribution in [0.4, 0.5) is 13.2 Å². The van der Waals surface area contributed by atoms with Crippen molar-refractivity contribution in [2.24, 2.45) is 16.6 Å². The number of nitrogens with two attached hydrogens (primary N) is 1. The van der Waals surface area contributed by atoms with Crippen LogP contribution in [0.2, 0.25) is 5.02 Å². The van der Waals surface area contributed by atoms with Gasteiger partial charge in [-0.1, -0.05) is 35.9 Å². The van der Waals surface area contributed by atoms with Crippen molar-refractivity contribution in [1.29, 1.82) is 0 Å². The summed E-state index contributed by atoms with van der Waals surface area (Å²) in [5.41, 5.74) is 5.93. The number of aliphatic imine (C=N–C) groups is 1. The average molecular weight is 424 g/mol. The van der Waals surface area contributed by atoms with Gasteiger partial charge in [-0.3, -0.25) is 14.8 Å². The number of rotatable bonds is 4. The molecule has 1 aromatic carbocycles. The second-order valence-corrected chi connectivity index (χ2v) is 7.70. The van der Waals surface area contributed by atoms with E-state index in [9.17, 15) is 18.0 Å². The van der Waals surface area contributed by atoms with Crippen LogP contribution in [0.3, 0.4) is 0 Å². The number of Topliss-reactive ketones (excluding diaryl/α,β-unsaturated/α-hetero) is 1. The molecule has 2 N–H and O–H groups in total. The molecule has 2 aromatic rings. The molecule has 1 aromatic heterocycles. The zero-order valence-corrected chi connectivity index (χ0v) is 15.9. The Morgan fingerprint density at radius 3 is 2.86 bits per heavy atom. The molecule has 1 saturated carbocycles. The Hall–Kier alpha value is -2.45. The fraction of sp³-hybridized carbons (Fsp3) is 0.350. The number of halogens is 4. The number of aromatic nitrogens is 1. The van der Waals surface area contributed by atoms with E-state index in [1.54, 1.807) is 6.07 Å². The van der Waals surface area contributed by atoms with Crippen molar-refractivity contribution in [2.45, 2.75) is 24.6 Å². The van der Waals surface area contributed by atoms with Crippen LogP contribution in [-0.4, -0.2) is 29.8 Å². The molecular weight excluding hydrogens is 407 g/mol. The standard InChI is InChI=1S/C20H17ClF3N3O2/c21-15-6-13(20(22,23)24)8-26-18(15)16(28)5-11-2-1-3-12(4-11)19-7-14(19)9-29-10-17(25)27-19/h1-4,6,8,14H,5,7,9-10H2,(H2,25,27)/t14-,19+/m0/s1. The number of ketones is 1. The second kappa shape index (κ2) is 7.11. The second-order valence-electron chi connectivity index (χ2n) is 7.30. The highest BCUT2D eigenvalue weighted by Gasteiger charge is 2.56. The number of benzene rings is 1. The van der Waals surface area contributed by atoms with Gasteiger partial charge in [-0.05, 0) is 23.6 Å². The average Bonchev–Trinajstić information content (AvgIpc) is 3.36. The zero-order valence-electron chi connectivity index (χ0n) is 15.2. The molecule has 0 bridgehead atoms. The van der Waals surface area contributed by atoms with Gasteiger partial charge in [-0.2, -0.15) is 13.2 Å². The summed E-state index contributed by atoms with van der Waals surface area (Å²) < 4.78 is 43.8. The summed E-state index contributed by atoms with van der Waals surface area (Å²) in [6, 6.07) is 8.11. The summed E-state index contributed by atoms with van der Waals surface area (Å²) in [5.74, 6) is 0.214. The van der Waals surface area contributed by atoms with Gasteiger partial charge in [-0.15, -0.1) is 0 Å². The third kappa shape index (κ3) is 3.86. The van der Waals surface area contributed by atoms with Gasteiger partial charge in [0.25, 0.3) is 0 Å². The van der Waals surface area contributed by atoms with Crippen molar-refractivity contribution in [1.82, 2.24) is 4.98 Å². The Balaban J connectivity index is 1.56. The molecule has 29 heavy (non-hydrogen) atoms. The Kier molecular flexibility index (Phi) is 4.86. The summed E-state index contributed by atoms with van der Waals surface area (Å²) in [5, 5.41) is -0.319. The monoisotopic (exact) mass is 423 g/mol. The topological polar surface area (TPSA) is 77.6 Å². The third-order valence-corrected chi connectivity index (χ3v) is 5.50. The molecule has 4 rings (SSSR count). The number of fused-ring (bicyclic) bond motifs is 1. The van der Waals surface area contributed by atoms with Crippen molar-refractivity contribution in [2.75, 3.05) is 13.2 Å². The lowest BCUT2D eigenvalue weighted by atomic mass is 9.97. The maximum atomic E-state index is 12.8. The highest BCUT2D eigenvalue weighted by atomic mass is 35.5. The molecule has 0 unspecified atom stereocenters. The number of carbonyl (C=O) groups excluding carboxylic acids is 1. The minimum absolute atomic E-state index is 0.0393. The first-order valence-electron chi connectivity index (χ1n) is 8.96. The Labute approximate surface area is 169 Å². The quantitative estimate of drug-likeness (QED) is 0.759. The van der Waals surface area contributed by atoms with Crippen LogP contribution in [0.1, 0.15) is 33.6 Å². The van der Waals surface area contributed by atoms with Crippen LogP contribution in [0, 0.1) is 5.92 Å². The molecule has 152 valence electrons. The first kappa shape index (κ1) is 19.8. The molecule has 0 amide bonds. The van der Waals surface area contributed by atoms with Gasteiger partial charge in [0, 0.05) is 18.5 Å². The molecule has 0 spiro atoms. The van der Waals surface area contributed by atoms with Gasteiger partial charge < -0.3 is 10.5 Å². The molecule has 2 atom stereocenters. The molecule has 9 heteroatoms. The van der Waals surface area contributed by atoms with E-state index in [0.29, 0.717) is 30.8 Å². The molecule has 5 nitrogen and oxygen atoms in total. The summed E-state index contributed by atoms with van der Waals surface area (Å²) in [7, 11) is 0. The van der Waals surface area contributed by atoms with Gasteiger partial charge >= 0.3 is 6.18 Å². The molecule has 1 fully saturated rings. The van der Waals surface area contributed by atoms with Crippen molar-refractivity contribution in [3.63, 3.8) is 0 Å². The zero-order chi connectivity index (χ0) is 20.8. The number of hydrogen-bond donors (Lipinski definition) is 1. The Bertz CT molecular complexity index is 1010. The van der Waals surface area contributed by atoms with Crippen LogP contribution >= 0.6 is 11.6 Å². The molecule has 2 heterocycles. The minimum Gasteiger partial charge on any atom is -0.386 e. The van der Waals surface area contributed by atoms with Gasteiger partial charge in [-0.25, -0.2) is 0 Å². The van der Waals surface area contributed by atoms with Gasteiger partial charge in [0.05, 0.1) is 22.7 Å². The van der Waals surface area contributed by atoms with E-state index in [1.165, 1.54) is 0 Å². The summed E-state index contributed by atoms with van der Waals surface area (Å²) in [6.45, 7) is 0.868. The lowest BCUT2D eigenvalue weighted by Crippen LogP contribution is -2.20. The number of pyridine rings is 1. The molecule has 1 aliphatic heterocycles. The molecule has 1 aliphatic carbocycles. The highest BCUT2D eigenvalue weighted by Crippen LogP contribution is 2.56. The molecule has 0 radical (unpaired) electrons. The van der Waals surface area contributed by atoms with Gasteiger partial charge in [0.1, 0.15) is 18.1 Å². The number of alkyl halides is 3. The van der Waals surface area contributed by atoms with Crippen LogP contribution in [0.25, 0.3) is 0 Å². The van der Waals surface area contributed by atoms with E-state index in [1.807, 2.05) is 18.2 Å². The summed E-state index contributed by atoms with van der Waals surface area (Å²) in [6.07, 6.45) is -3.18. The van der Waals surface area contributed by atoms with Crippen molar-refractivity contribution >= 4 is 23.2 Å². The Morgan fingerprint density at radius 2 is 2.14 bits per heavy atom. The van der Waals surface area contributed by atoms with Crippen LogP contribution in [0.15, 0.2) is 41.5 Å². The smallest absolute Gasteiger partial charge is 0.386 e. The maximum absolute atomic E-state index is 12.8. The molecule has 0 saturated heterocycles. The lowest BCUT2D eigenvalue weighted by Gasteiger charge is -2.14. The first-order valence-corrected chi connectivity index (χ1v) is 9.34. The van der Waals surface area contributed by atoms with Gasteiger partial charge in [0.15, 0.2) is 5.78 Å². The van der Waals surface area contributed by atoms with Crippen LogP contribution in [0.5, 0.6) is 0 Å². The largest absolute Gasteiger partial charge is 0.417 e. The predicted octanol–water partition coefficient (Wildman–Crippen LogP) is 3.78. The predicted molar refractivity (Wildman–Crippen MR) is 101 cm³/mol.